The number of hydrogen-bond donors (Lipinski definition) is 1. The van der Waals surface area contributed by atoms with Crippen LogP contribution in [0.2, 0.25) is 0 Å². The van der Waals surface area contributed by atoms with E-state index in [-0.39, 0.29) is 0 Å². The molecule has 0 saturated carbocycles. The summed E-state index contributed by atoms with van der Waals surface area (Å²) >= 11 is 0. The molecule has 0 fully saturated rings. The number of carboxylic acids is 1. The van der Waals surface area contributed by atoms with Crippen molar-refractivity contribution >= 4 is 11.8 Å². The van der Waals surface area contributed by atoms with Crippen LogP contribution in [-0.4, -0.2) is 22.1 Å². The molecule has 1 aliphatic rings. The first-order valence-corrected chi connectivity index (χ1v) is 4.38. The summed E-state index contributed by atoms with van der Waals surface area (Å²) in [5.74, 6) is -0.144. The molecule has 4 nitrogen and oxygen atoms in total. The SMILES string of the molecule is O=C(O)C1CC=CN1c1ccccn1. The Morgan fingerprint density at radius 2 is 2.43 bits per heavy atom. The predicted molar refractivity (Wildman–Crippen MR) is 51.9 cm³/mol. The summed E-state index contributed by atoms with van der Waals surface area (Å²) in [7, 11) is 0. The zero-order chi connectivity index (χ0) is 9.97. The fourth-order valence-electron chi connectivity index (χ4n) is 1.48. The van der Waals surface area contributed by atoms with E-state index in [0.29, 0.717) is 12.2 Å². The molecule has 0 aliphatic carbocycles. The highest BCUT2D eigenvalue weighted by molar-refractivity contribution is 5.79. The molecule has 0 bridgehead atoms. The van der Waals surface area contributed by atoms with Gasteiger partial charge >= 0.3 is 5.97 Å². The van der Waals surface area contributed by atoms with E-state index in [0.717, 1.165) is 0 Å². The molecule has 1 aromatic rings. The van der Waals surface area contributed by atoms with E-state index in [1.165, 1.54) is 0 Å². The molecular formula is C10H10N2O2. The van der Waals surface area contributed by atoms with Crippen molar-refractivity contribution in [2.45, 2.75) is 12.5 Å². The number of hydrogen-bond acceptors (Lipinski definition) is 3. The molecule has 2 rings (SSSR count). The van der Waals surface area contributed by atoms with Crippen molar-refractivity contribution in [1.29, 1.82) is 0 Å². The topological polar surface area (TPSA) is 53.4 Å². The van der Waals surface area contributed by atoms with E-state index in [1.807, 2.05) is 12.1 Å². The molecule has 14 heavy (non-hydrogen) atoms. The van der Waals surface area contributed by atoms with Crippen LogP contribution in [0.25, 0.3) is 0 Å². The Bertz CT molecular complexity index is 362. The first kappa shape index (κ1) is 8.74. The van der Waals surface area contributed by atoms with Gasteiger partial charge in [-0.3, -0.25) is 0 Å². The Kier molecular flexibility index (Phi) is 2.18. The molecule has 0 aromatic carbocycles. The zero-order valence-corrected chi connectivity index (χ0v) is 7.50. The number of nitrogens with zero attached hydrogens (tertiary/aromatic N) is 2. The smallest absolute Gasteiger partial charge is 0.327 e. The fraction of sp³-hybridized carbons (Fsp3) is 0.200. The third-order valence-corrected chi connectivity index (χ3v) is 2.16. The van der Waals surface area contributed by atoms with E-state index >= 15 is 0 Å². The van der Waals surface area contributed by atoms with Gasteiger partial charge in [-0.1, -0.05) is 12.1 Å². The highest BCUT2D eigenvalue weighted by Crippen LogP contribution is 2.21. The molecule has 1 N–H and O–H groups in total. The molecule has 0 saturated heterocycles. The molecule has 1 atom stereocenters. The first-order chi connectivity index (χ1) is 6.79. The molecule has 1 unspecified atom stereocenters. The van der Waals surface area contributed by atoms with Crippen LogP contribution in [0.15, 0.2) is 36.7 Å². The van der Waals surface area contributed by atoms with Crippen LogP contribution in [0.5, 0.6) is 0 Å². The minimum Gasteiger partial charge on any atom is -0.480 e. The summed E-state index contributed by atoms with van der Waals surface area (Å²) in [5.41, 5.74) is 0. The second kappa shape index (κ2) is 3.49. The zero-order valence-electron chi connectivity index (χ0n) is 7.50. The third kappa shape index (κ3) is 1.46. The minimum absolute atomic E-state index is 0.509. The lowest BCUT2D eigenvalue weighted by Crippen LogP contribution is -2.34. The van der Waals surface area contributed by atoms with Gasteiger partial charge in [-0.15, -0.1) is 0 Å². The van der Waals surface area contributed by atoms with E-state index in [1.54, 1.807) is 29.4 Å². The fourth-order valence-corrected chi connectivity index (χ4v) is 1.48. The van der Waals surface area contributed by atoms with Gasteiger partial charge < -0.3 is 10.0 Å². The van der Waals surface area contributed by atoms with Gasteiger partial charge in [-0.25, -0.2) is 9.78 Å². The Morgan fingerprint density at radius 3 is 3.07 bits per heavy atom. The van der Waals surface area contributed by atoms with Crippen LogP contribution in [0.1, 0.15) is 6.42 Å². The second-order valence-corrected chi connectivity index (χ2v) is 3.07. The van der Waals surface area contributed by atoms with Crippen LogP contribution < -0.4 is 4.90 Å². The number of carboxylic acid groups (broad SMARTS) is 1. The van der Waals surface area contributed by atoms with Crippen LogP contribution >= 0.6 is 0 Å². The maximum Gasteiger partial charge on any atom is 0.327 e. The summed E-state index contributed by atoms with van der Waals surface area (Å²) in [6.07, 6.45) is 5.79. The number of rotatable bonds is 2. The van der Waals surface area contributed by atoms with Gasteiger partial charge in [0, 0.05) is 12.4 Å². The lowest BCUT2D eigenvalue weighted by Gasteiger charge is -2.20. The number of pyridine rings is 1. The summed E-state index contributed by atoms with van der Waals surface area (Å²) in [5, 5.41) is 8.94. The minimum atomic E-state index is -0.819. The molecular weight excluding hydrogens is 180 g/mol. The third-order valence-electron chi connectivity index (χ3n) is 2.16. The average molecular weight is 190 g/mol. The molecule has 0 radical (unpaired) electrons. The number of aliphatic carboxylic acids is 1. The molecule has 0 spiro atoms. The molecule has 1 aromatic heterocycles. The van der Waals surface area contributed by atoms with Crippen molar-refractivity contribution in [2.75, 3.05) is 4.90 Å². The highest BCUT2D eigenvalue weighted by Gasteiger charge is 2.27. The first-order valence-electron chi connectivity index (χ1n) is 4.38. The number of anilines is 1. The molecule has 4 heteroatoms. The Hall–Kier alpha value is -1.84. The van der Waals surface area contributed by atoms with E-state index in [9.17, 15) is 4.79 Å². The molecule has 2 heterocycles. The Labute approximate surface area is 81.5 Å². The Morgan fingerprint density at radius 1 is 1.57 bits per heavy atom. The van der Waals surface area contributed by atoms with Crippen molar-refractivity contribution in [3.05, 3.63) is 36.7 Å². The summed E-state index contributed by atoms with van der Waals surface area (Å²) in [4.78, 5) is 16.6. The summed E-state index contributed by atoms with van der Waals surface area (Å²) in [6.45, 7) is 0. The monoisotopic (exact) mass is 190 g/mol. The van der Waals surface area contributed by atoms with Gasteiger partial charge in [0.25, 0.3) is 0 Å². The van der Waals surface area contributed by atoms with E-state index < -0.39 is 12.0 Å². The molecule has 1 aliphatic heterocycles. The molecule has 72 valence electrons. The summed E-state index contributed by atoms with van der Waals surface area (Å²) in [6, 6.07) is 4.93. The van der Waals surface area contributed by atoms with Crippen LogP contribution in [-0.2, 0) is 4.79 Å². The van der Waals surface area contributed by atoms with Crippen molar-refractivity contribution in [3.63, 3.8) is 0 Å². The van der Waals surface area contributed by atoms with Crippen LogP contribution in [0.3, 0.4) is 0 Å². The van der Waals surface area contributed by atoms with Gasteiger partial charge in [0.15, 0.2) is 0 Å². The Balaban J connectivity index is 2.26. The van der Waals surface area contributed by atoms with Gasteiger partial charge in [0.2, 0.25) is 0 Å². The van der Waals surface area contributed by atoms with Crippen molar-refractivity contribution < 1.29 is 9.90 Å². The van der Waals surface area contributed by atoms with Crippen LogP contribution in [0.4, 0.5) is 5.82 Å². The van der Waals surface area contributed by atoms with Crippen molar-refractivity contribution in [3.8, 4) is 0 Å². The molecule has 0 amide bonds. The lowest BCUT2D eigenvalue weighted by molar-refractivity contribution is -0.138. The maximum atomic E-state index is 10.9. The standard InChI is InChI=1S/C10H10N2O2/c13-10(14)8-4-3-7-12(8)9-5-1-2-6-11-9/h1-3,5-8H,4H2,(H,13,14). The predicted octanol–water partition coefficient (Wildman–Crippen LogP) is 1.26. The summed E-state index contributed by atoms with van der Waals surface area (Å²) < 4.78 is 0. The lowest BCUT2D eigenvalue weighted by atomic mass is 10.2. The normalized spacial score (nSPS) is 20.0. The quantitative estimate of drug-likeness (QED) is 0.762. The van der Waals surface area contributed by atoms with Crippen molar-refractivity contribution in [1.82, 2.24) is 4.98 Å². The highest BCUT2D eigenvalue weighted by atomic mass is 16.4. The number of carbonyl (C=O) groups is 1. The van der Waals surface area contributed by atoms with E-state index in [4.69, 9.17) is 5.11 Å². The second-order valence-electron chi connectivity index (χ2n) is 3.07. The largest absolute Gasteiger partial charge is 0.480 e. The van der Waals surface area contributed by atoms with E-state index in [2.05, 4.69) is 4.98 Å². The average Bonchev–Trinajstić information content (AvgIpc) is 2.67. The number of aromatic nitrogens is 1. The van der Waals surface area contributed by atoms with Crippen LogP contribution in [0, 0.1) is 0 Å². The maximum absolute atomic E-state index is 10.9. The van der Waals surface area contributed by atoms with Gasteiger partial charge in [-0.2, -0.15) is 0 Å². The van der Waals surface area contributed by atoms with Gasteiger partial charge in [-0.05, 0) is 18.6 Å². The van der Waals surface area contributed by atoms with Gasteiger partial charge in [0.05, 0.1) is 0 Å². The van der Waals surface area contributed by atoms with Crippen molar-refractivity contribution in [2.24, 2.45) is 0 Å². The van der Waals surface area contributed by atoms with Gasteiger partial charge in [0.1, 0.15) is 11.9 Å².